The predicted molar refractivity (Wildman–Crippen MR) is 92.6 cm³/mol. The summed E-state index contributed by atoms with van der Waals surface area (Å²) >= 11 is 0. The van der Waals surface area contributed by atoms with Gasteiger partial charge in [-0.3, -0.25) is 4.79 Å². The summed E-state index contributed by atoms with van der Waals surface area (Å²) in [5.74, 6) is 0.273. The number of carbonyl (C=O) groups excluding carboxylic acids is 2. The number of benzene rings is 1. The van der Waals surface area contributed by atoms with Crippen LogP contribution >= 0.6 is 0 Å². The molecule has 1 aliphatic heterocycles. The number of rotatable bonds is 5. The Balaban J connectivity index is 2.21. The number of likely N-dealkylation sites (tertiary alicyclic amines) is 1. The Bertz CT molecular complexity index is 609. The van der Waals surface area contributed by atoms with Crippen LogP contribution in [0, 0.1) is 0 Å². The van der Waals surface area contributed by atoms with E-state index in [1.54, 1.807) is 32.8 Å². The molecule has 1 saturated heterocycles. The third-order valence-electron chi connectivity index (χ3n) is 3.98. The Morgan fingerprint density at radius 3 is 2.48 bits per heavy atom. The second kappa shape index (κ2) is 7.74. The first-order valence-electron chi connectivity index (χ1n) is 8.28. The summed E-state index contributed by atoms with van der Waals surface area (Å²) in [6.07, 6.45) is -0.629. The Morgan fingerprint density at radius 1 is 1.32 bits per heavy atom. The van der Waals surface area contributed by atoms with Gasteiger partial charge in [-0.05, 0) is 38.5 Å². The second-order valence-corrected chi connectivity index (χ2v) is 7.01. The van der Waals surface area contributed by atoms with Gasteiger partial charge in [0.05, 0.1) is 13.7 Å². The van der Waals surface area contributed by atoms with Crippen molar-refractivity contribution in [3.63, 3.8) is 0 Å². The molecular formula is C18H26N2O5. The molecule has 1 aromatic carbocycles. The monoisotopic (exact) mass is 350 g/mol. The van der Waals surface area contributed by atoms with E-state index in [1.807, 2.05) is 24.3 Å². The minimum Gasteiger partial charge on any atom is -0.497 e. The number of nitrogens with zero attached hydrogens (tertiary/aromatic N) is 1. The lowest BCUT2D eigenvalue weighted by atomic mass is 9.94. The lowest BCUT2D eigenvalue weighted by molar-refractivity contribution is -0.129. The van der Waals surface area contributed by atoms with Gasteiger partial charge >= 0.3 is 6.09 Å². The van der Waals surface area contributed by atoms with Crippen LogP contribution in [0.4, 0.5) is 4.79 Å². The van der Waals surface area contributed by atoms with Gasteiger partial charge in [0.1, 0.15) is 17.4 Å². The summed E-state index contributed by atoms with van der Waals surface area (Å²) in [7, 11) is 1.59. The Hall–Kier alpha value is -2.28. The molecule has 7 nitrogen and oxygen atoms in total. The third kappa shape index (κ3) is 4.85. The van der Waals surface area contributed by atoms with E-state index in [-0.39, 0.29) is 25.0 Å². The number of carbonyl (C=O) groups is 2. The largest absolute Gasteiger partial charge is 0.497 e. The highest BCUT2D eigenvalue weighted by atomic mass is 16.6. The molecule has 1 aromatic rings. The molecule has 0 aliphatic carbocycles. The summed E-state index contributed by atoms with van der Waals surface area (Å²) in [5.41, 5.74) is 0.266. The number of aliphatic hydroxyl groups excluding tert-OH is 1. The Morgan fingerprint density at radius 2 is 1.96 bits per heavy atom. The average Bonchev–Trinajstić information content (AvgIpc) is 2.83. The molecule has 2 atom stereocenters. The molecule has 2 N–H and O–H groups in total. The quantitative estimate of drug-likeness (QED) is 0.840. The van der Waals surface area contributed by atoms with Crippen LogP contribution in [-0.2, 0) is 9.53 Å². The van der Waals surface area contributed by atoms with Crippen LogP contribution in [0.5, 0.6) is 5.75 Å². The highest BCUT2D eigenvalue weighted by Crippen LogP contribution is 2.30. The molecule has 0 spiro atoms. The van der Waals surface area contributed by atoms with Crippen LogP contribution in [0.3, 0.4) is 0 Å². The lowest BCUT2D eigenvalue weighted by Crippen LogP contribution is -2.45. The summed E-state index contributed by atoms with van der Waals surface area (Å²) in [6.45, 7) is 5.83. The van der Waals surface area contributed by atoms with Crippen LogP contribution in [-0.4, -0.2) is 60.5 Å². The fourth-order valence-corrected chi connectivity index (χ4v) is 2.87. The zero-order valence-corrected chi connectivity index (χ0v) is 15.1. The number of nitrogens with one attached hydrogen (secondary N) is 1. The lowest BCUT2D eigenvalue weighted by Gasteiger charge is -2.23. The molecular weight excluding hydrogens is 324 g/mol. The van der Waals surface area contributed by atoms with Crippen LogP contribution in [0.25, 0.3) is 0 Å². The van der Waals surface area contributed by atoms with E-state index in [2.05, 4.69) is 5.32 Å². The first-order chi connectivity index (χ1) is 11.7. The number of amides is 2. The topological polar surface area (TPSA) is 88.1 Å². The van der Waals surface area contributed by atoms with Crippen LogP contribution in [0.1, 0.15) is 32.3 Å². The molecule has 0 radical (unpaired) electrons. The van der Waals surface area contributed by atoms with Crippen molar-refractivity contribution >= 4 is 12.0 Å². The van der Waals surface area contributed by atoms with Gasteiger partial charge in [-0.15, -0.1) is 0 Å². The van der Waals surface area contributed by atoms with Crippen LogP contribution in [0.15, 0.2) is 24.3 Å². The molecule has 2 rings (SSSR count). The number of β-amino-alcohol motifs (C(OH)–C–C–N with tert-alkyl or cyclic N) is 1. The van der Waals surface area contributed by atoms with Crippen molar-refractivity contribution in [1.29, 1.82) is 0 Å². The summed E-state index contributed by atoms with van der Waals surface area (Å²) in [6, 6.07) is 6.67. The van der Waals surface area contributed by atoms with Gasteiger partial charge in [0.15, 0.2) is 0 Å². The highest BCUT2D eigenvalue weighted by Gasteiger charge is 2.42. The maximum absolute atomic E-state index is 12.6. The van der Waals surface area contributed by atoms with E-state index < -0.39 is 17.7 Å². The van der Waals surface area contributed by atoms with Crippen molar-refractivity contribution in [2.24, 2.45) is 0 Å². The fraction of sp³-hybridized carbons (Fsp3) is 0.556. The van der Waals surface area contributed by atoms with Crippen molar-refractivity contribution in [1.82, 2.24) is 10.2 Å². The summed E-state index contributed by atoms with van der Waals surface area (Å²) in [5, 5.41) is 11.9. The van der Waals surface area contributed by atoms with E-state index in [4.69, 9.17) is 14.6 Å². The first-order valence-corrected chi connectivity index (χ1v) is 8.28. The normalized spacial score (nSPS) is 20.5. The molecule has 0 aromatic heterocycles. The number of hydrogen-bond acceptors (Lipinski definition) is 5. The minimum atomic E-state index is -0.727. The molecule has 138 valence electrons. The molecule has 2 amide bonds. The molecule has 25 heavy (non-hydrogen) atoms. The van der Waals surface area contributed by atoms with Crippen molar-refractivity contribution in [3.8, 4) is 5.75 Å². The smallest absolute Gasteiger partial charge is 0.408 e. The van der Waals surface area contributed by atoms with Gasteiger partial charge in [0.25, 0.3) is 0 Å². The third-order valence-corrected chi connectivity index (χ3v) is 3.98. The van der Waals surface area contributed by atoms with Crippen molar-refractivity contribution < 1.29 is 24.2 Å². The molecule has 0 saturated carbocycles. The molecule has 1 fully saturated rings. The second-order valence-electron chi connectivity index (χ2n) is 7.01. The van der Waals surface area contributed by atoms with E-state index in [0.717, 1.165) is 11.3 Å². The highest BCUT2D eigenvalue weighted by molar-refractivity contribution is 5.89. The molecule has 0 bridgehead atoms. The zero-order chi connectivity index (χ0) is 18.6. The van der Waals surface area contributed by atoms with Crippen molar-refractivity contribution in [2.75, 3.05) is 26.8 Å². The fourth-order valence-electron chi connectivity index (χ4n) is 2.87. The number of alkyl carbamates (subject to hydrolysis) is 1. The standard InChI is InChI=1S/C18H26N2O5/c1-18(2,3)25-17(23)19-15-14(11-20(9-10-21)16(15)22)12-5-7-13(24-4)8-6-12/h5-8,14-15,21H,9-11H2,1-4H3,(H,19,23)/t14-,15?/m0/s1. The van der Waals surface area contributed by atoms with Gasteiger partial charge in [0, 0.05) is 19.0 Å². The van der Waals surface area contributed by atoms with Gasteiger partial charge in [-0.2, -0.15) is 0 Å². The van der Waals surface area contributed by atoms with Crippen LogP contribution in [0.2, 0.25) is 0 Å². The molecule has 1 aliphatic rings. The number of aliphatic hydroxyl groups is 1. The van der Waals surface area contributed by atoms with E-state index in [9.17, 15) is 9.59 Å². The van der Waals surface area contributed by atoms with Crippen molar-refractivity contribution in [3.05, 3.63) is 29.8 Å². The number of methoxy groups -OCH3 is 1. The minimum absolute atomic E-state index is 0.125. The Labute approximate surface area is 147 Å². The summed E-state index contributed by atoms with van der Waals surface area (Å²) < 4.78 is 10.4. The number of ether oxygens (including phenoxy) is 2. The number of hydrogen-bond donors (Lipinski definition) is 2. The molecule has 1 unspecified atom stereocenters. The predicted octanol–water partition coefficient (Wildman–Crippen LogP) is 1.51. The maximum atomic E-state index is 12.6. The van der Waals surface area contributed by atoms with Gasteiger partial charge in [0.2, 0.25) is 5.91 Å². The zero-order valence-electron chi connectivity index (χ0n) is 15.1. The van der Waals surface area contributed by atoms with Crippen molar-refractivity contribution in [2.45, 2.75) is 38.3 Å². The van der Waals surface area contributed by atoms with E-state index in [0.29, 0.717) is 6.54 Å². The van der Waals surface area contributed by atoms with E-state index >= 15 is 0 Å². The average molecular weight is 350 g/mol. The van der Waals surface area contributed by atoms with Gasteiger partial charge in [-0.1, -0.05) is 12.1 Å². The van der Waals surface area contributed by atoms with Gasteiger partial charge < -0.3 is 24.8 Å². The van der Waals surface area contributed by atoms with Gasteiger partial charge in [-0.25, -0.2) is 4.79 Å². The SMILES string of the molecule is COc1ccc([C@@H]2CN(CCO)C(=O)C2NC(=O)OC(C)(C)C)cc1. The van der Waals surface area contributed by atoms with E-state index in [1.165, 1.54) is 0 Å². The Kier molecular flexibility index (Phi) is 5.89. The maximum Gasteiger partial charge on any atom is 0.408 e. The van der Waals surface area contributed by atoms with Crippen LogP contribution < -0.4 is 10.1 Å². The first kappa shape index (κ1) is 19.1. The summed E-state index contributed by atoms with van der Waals surface area (Å²) in [4.78, 5) is 26.3. The molecule has 1 heterocycles. The molecule has 7 heteroatoms.